The summed E-state index contributed by atoms with van der Waals surface area (Å²) < 4.78 is 36.3. The fourth-order valence-electron chi connectivity index (χ4n) is 2.50. The number of hydrogen-bond acceptors (Lipinski definition) is 6. The van der Waals surface area contributed by atoms with Crippen LogP contribution in [0.2, 0.25) is 5.02 Å². The summed E-state index contributed by atoms with van der Waals surface area (Å²) in [6.07, 6.45) is 2.45. The van der Waals surface area contributed by atoms with Crippen LogP contribution in [0.3, 0.4) is 0 Å². The maximum atomic E-state index is 12.3. The van der Waals surface area contributed by atoms with E-state index in [1.807, 2.05) is 12.1 Å². The van der Waals surface area contributed by atoms with E-state index in [1.165, 1.54) is 25.5 Å². The summed E-state index contributed by atoms with van der Waals surface area (Å²) in [6, 6.07) is 11.7. The standard InChI is InChI=1S/C21H26ClN3O5S/c1-15(2)14-30-18-8-5-16(6-9-18)12-23-24-21(26)13-25(31(4,27)28)19-11-17(22)7-10-20(19)29-3/h5-12,15H,13-14H2,1-4H3,(H,24,26)/b23-12-. The molecule has 0 radical (unpaired) electrons. The number of benzene rings is 2. The van der Waals surface area contributed by atoms with E-state index >= 15 is 0 Å². The lowest BCUT2D eigenvalue weighted by molar-refractivity contribution is -0.119. The molecule has 1 amide bonds. The molecule has 0 bridgehead atoms. The van der Waals surface area contributed by atoms with E-state index in [0.29, 0.717) is 17.5 Å². The molecular formula is C21H26ClN3O5S. The molecule has 168 valence electrons. The molecule has 0 spiro atoms. The van der Waals surface area contributed by atoms with Gasteiger partial charge in [-0.05, 0) is 53.9 Å². The van der Waals surface area contributed by atoms with Crippen molar-refractivity contribution in [2.24, 2.45) is 11.0 Å². The number of rotatable bonds is 10. The monoisotopic (exact) mass is 467 g/mol. The molecule has 0 aliphatic carbocycles. The van der Waals surface area contributed by atoms with Gasteiger partial charge in [0, 0.05) is 5.02 Å². The minimum absolute atomic E-state index is 0.161. The van der Waals surface area contributed by atoms with Crippen molar-refractivity contribution in [1.29, 1.82) is 0 Å². The number of hydrogen-bond donors (Lipinski definition) is 1. The molecule has 2 aromatic carbocycles. The van der Waals surface area contributed by atoms with Crippen molar-refractivity contribution in [2.75, 3.05) is 30.8 Å². The molecule has 0 heterocycles. The maximum Gasteiger partial charge on any atom is 0.260 e. The zero-order valence-corrected chi connectivity index (χ0v) is 19.4. The highest BCUT2D eigenvalue weighted by Gasteiger charge is 2.24. The number of nitrogens with zero attached hydrogens (tertiary/aromatic N) is 2. The van der Waals surface area contributed by atoms with Crippen LogP contribution < -0.4 is 19.2 Å². The van der Waals surface area contributed by atoms with E-state index in [1.54, 1.807) is 18.2 Å². The van der Waals surface area contributed by atoms with E-state index in [4.69, 9.17) is 21.1 Å². The first-order valence-corrected chi connectivity index (χ1v) is 11.7. The zero-order chi connectivity index (χ0) is 23.0. The summed E-state index contributed by atoms with van der Waals surface area (Å²) in [6.45, 7) is 4.26. The molecule has 31 heavy (non-hydrogen) atoms. The molecule has 0 atom stereocenters. The van der Waals surface area contributed by atoms with Crippen LogP contribution in [0.4, 0.5) is 5.69 Å². The minimum atomic E-state index is -3.79. The molecule has 0 aliphatic heterocycles. The first-order valence-electron chi connectivity index (χ1n) is 9.46. The van der Waals surface area contributed by atoms with Gasteiger partial charge in [0.05, 0.1) is 31.9 Å². The molecule has 0 aliphatic rings. The maximum absolute atomic E-state index is 12.3. The van der Waals surface area contributed by atoms with Gasteiger partial charge in [-0.25, -0.2) is 13.8 Å². The number of carbonyl (C=O) groups excluding carboxylic acids is 1. The Hall–Kier alpha value is -2.78. The highest BCUT2D eigenvalue weighted by atomic mass is 35.5. The fraction of sp³-hybridized carbons (Fsp3) is 0.333. The number of hydrazone groups is 1. The third kappa shape index (κ3) is 7.76. The van der Waals surface area contributed by atoms with E-state index in [0.717, 1.165) is 21.9 Å². The second kappa shape index (κ2) is 11.0. The van der Waals surface area contributed by atoms with Gasteiger partial charge in [0.2, 0.25) is 10.0 Å². The number of methoxy groups -OCH3 is 1. The van der Waals surface area contributed by atoms with E-state index in [2.05, 4.69) is 24.4 Å². The number of anilines is 1. The highest BCUT2D eigenvalue weighted by molar-refractivity contribution is 7.92. The van der Waals surface area contributed by atoms with Crippen LogP contribution in [0.1, 0.15) is 19.4 Å². The van der Waals surface area contributed by atoms with Crippen LogP contribution >= 0.6 is 11.6 Å². The van der Waals surface area contributed by atoms with E-state index < -0.39 is 22.5 Å². The predicted octanol–water partition coefficient (Wildman–Crippen LogP) is 3.30. The number of halogens is 1. The first kappa shape index (κ1) is 24.5. The fourth-order valence-corrected chi connectivity index (χ4v) is 3.51. The topological polar surface area (TPSA) is 97.3 Å². The van der Waals surface area contributed by atoms with Gasteiger partial charge in [-0.1, -0.05) is 25.4 Å². The average Bonchev–Trinajstić information content (AvgIpc) is 2.70. The Morgan fingerprint density at radius 2 is 1.90 bits per heavy atom. The summed E-state index contributed by atoms with van der Waals surface area (Å²) in [5.74, 6) is 0.815. The number of nitrogens with one attached hydrogen (secondary N) is 1. The van der Waals surface area contributed by atoms with Gasteiger partial charge in [-0.15, -0.1) is 0 Å². The van der Waals surface area contributed by atoms with E-state index in [9.17, 15) is 13.2 Å². The van der Waals surface area contributed by atoms with Gasteiger partial charge in [0.25, 0.3) is 5.91 Å². The average molecular weight is 468 g/mol. The summed E-state index contributed by atoms with van der Waals surface area (Å²) in [4.78, 5) is 12.3. The normalized spacial score (nSPS) is 11.5. The predicted molar refractivity (Wildman–Crippen MR) is 123 cm³/mol. The Morgan fingerprint density at radius 1 is 1.23 bits per heavy atom. The van der Waals surface area contributed by atoms with Gasteiger partial charge in [0.1, 0.15) is 18.0 Å². The Balaban J connectivity index is 2.05. The van der Waals surface area contributed by atoms with Gasteiger partial charge < -0.3 is 9.47 Å². The van der Waals surface area contributed by atoms with Crippen LogP contribution in [-0.2, 0) is 14.8 Å². The van der Waals surface area contributed by atoms with Crippen LogP contribution in [0.5, 0.6) is 11.5 Å². The van der Waals surface area contributed by atoms with Gasteiger partial charge in [-0.3, -0.25) is 9.10 Å². The van der Waals surface area contributed by atoms with Crippen LogP contribution in [0.15, 0.2) is 47.6 Å². The molecule has 2 rings (SSSR count). The molecule has 0 aromatic heterocycles. The van der Waals surface area contributed by atoms with Crippen LogP contribution in [0.25, 0.3) is 0 Å². The second-order valence-corrected chi connectivity index (χ2v) is 9.50. The third-order valence-electron chi connectivity index (χ3n) is 3.96. The Kier molecular flexibility index (Phi) is 8.70. The Labute approximate surface area is 187 Å². The lowest BCUT2D eigenvalue weighted by atomic mass is 10.2. The summed E-state index contributed by atoms with van der Waals surface area (Å²) >= 11 is 5.99. The molecule has 0 saturated heterocycles. The van der Waals surface area contributed by atoms with Crippen LogP contribution in [0, 0.1) is 5.92 Å². The highest BCUT2D eigenvalue weighted by Crippen LogP contribution is 2.32. The number of amides is 1. The SMILES string of the molecule is COc1ccc(Cl)cc1N(CC(=O)N/N=C\c1ccc(OCC(C)C)cc1)S(C)(=O)=O. The van der Waals surface area contributed by atoms with E-state index in [-0.39, 0.29) is 11.4 Å². The van der Waals surface area contributed by atoms with Gasteiger partial charge >= 0.3 is 0 Å². The van der Waals surface area contributed by atoms with Crippen molar-refractivity contribution < 1.29 is 22.7 Å². The van der Waals surface area contributed by atoms with Crippen molar-refractivity contribution in [3.63, 3.8) is 0 Å². The van der Waals surface area contributed by atoms with Crippen molar-refractivity contribution >= 4 is 39.4 Å². The molecule has 0 saturated carbocycles. The number of ether oxygens (including phenoxy) is 2. The van der Waals surface area contributed by atoms with Gasteiger partial charge in [-0.2, -0.15) is 5.10 Å². The quantitative estimate of drug-likeness (QED) is 0.427. The lowest BCUT2D eigenvalue weighted by Gasteiger charge is -2.23. The van der Waals surface area contributed by atoms with Crippen molar-refractivity contribution in [2.45, 2.75) is 13.8 Å². The molecule has 0 fully saturated rings. The molecule has 8 nitrogen and oxygen atoms in total. The molecule has 1 N–H and O–H groups in total. The zero-order valence-electron chi connectivity index (χ0n) is 17.8. The minimum Gasteiger partial charge on any atom is -0.495 e. The smallest absolute Gasteiger partial charge is 0.260 e. The number of carbonyl (C=O) groups is 1. The van der Waals surface area contributed by atoms with Crippen molar-refractivity contribution in [3.05, 3.63) is 53.1 Å². The molecular weight excluding hydrogens is 442 g/mol. The molecule has 10 heteroatoms. The third-order valence-corrected chi connectivity index (χ3v) is 5.32. The Bertz CT molecular complexity index is 1020. The second-order valence-electron chi connectivity index (χ2n) is 7.15. The lowest BCUT2D eigenvalue weighted by Crippen LogP contribution is -2.39. The van der Waals surface area contributed by atoms with Gasteiger partial charge in [0.15, 0.2) is 0 Å². The largest absolute Gasteiger partial charge is 0.495 e. The van der Waals surface area contributed by atoms with Crippen LogP contribution in [-0.4, -0.2) is 47.1 Å². The molecule has 0 unspecified atom stereocenters. The van der Waals surface area contributed by atoms with Crippen molar-refractivity contribution in [3.8, 4) is 11.5 Å². The van der Waals surface area contributed by atoms with Crippen molar-refractivity contribution in [1.82, 2.24) is 5.43 Å². The summed E-state index contributed by atoms with van der Waals surface area (Å²) in [5.41, 5.74) is 3.23. The summed E-state index contributed by atoms with van der Waals surface area (Å²) in [7, 11) is -2.39. The molecule has 2 aromatic rings. The Morgan fingerprint density at radius 3 is 2.48 bits per heavy atom. The number of sulfonamides is 1. The first-order chi connectivity index (χ1) is 14.6. The summed E-state index contributed by atoms with van der Waals surface area (Å²) in [5, 5.41) is 4.20.